The molecule has 2 fully saturated rings. The molecule has 1 unspecified atom stereocenters. The average Bonchev–Trinajstić information content (AvgIpc) is 3.15. The molecule has 2 saturated heterocycles. The number of aryl methyl sites for hydroxylation is 1. The second kappa shape index (κ2) is 10.8. The van der Waals surface area contributed by atoms with Gasteiger partial charge in [0.15, 0.2) is 5.96 Å². The van der Waals surface area contributed by atoms with Crippen LogP contribution in [0.2, 0.25) is 0 Å². The maximum Gasteiger partial charge on any atom is 0.194 e. The third-order valence-electron chi connectivity index (χ3n) is 5.82. The lowest BCUT2D eigenvalue weighted by Gasteiger charge is -2.34. The minimum Gasteiger partial charge on any atom is -0.370 e. The zero-order chi connectivity index (χ0) is 19.8. The zero-order valence-electron chi connectivity index (χ0n) is 17.9. The van der Waals surface area contributed by atoms with E-state index in [-0.39, 0.29) is 6.10 Å². The molecule has 1 aromatic rings. The fraction of sp³-hybridized carbons (Fsp3) is 0.810. The third-order valence-corrected chi connectivity index (χ3v) is 5.82. The number of ether oxygens (including phenoxy) is 1. The van der Waals surface area contributed by atoms with Crippen molar-refractivity contribution in [2.75, 3.05) is 52.4 Å². The summed E-state index contributed by atoms with van der Waals surface area (Å²) in [5.41, 5.74) is 1.14. The molecule has 158 valence electrons. The van der Waals surface area contributed by atoms with Crippen LogP contribution in [-0.4, -0.2) is 78.0 Å². The molecule has 0 aromatic carbocycles. The highest BCUT2D eigenvalue weighted by molar-refractivity contribution is 5.80. The quantitative estimate of drug-likeness (QED) is 0.440. The molecule has 28 heavy (non-hydrogen) atoms. The van der Waals surface area contributed by atoms with Crippen molar-refractivity contribution in [3.63, 3.8) is 0 Å². The molecule has 3 heterocycles. The lowest BCUT2D eigenvalue weighted by Crippen LogP contribution is -2.48. The van der Waals surface area contributed by atoms with Gasteiger partial charge in [-0.1, -0.05) is 6.92 Å². The Labute approximate surface area is 170 Å². The number of rotatable bonds is 7. The van der Waals surface area contributed by atoms with Crippen molar-refractivity contribution in [2.24, 2.45) is 18.0 Å². The second-order valence-corrected chi connectivity index (χ2v) is 8.22. The fourth-order valence-electron chi connectivity index (χ4n) is 3.99. The van der Waals surface area contributed by atoms with E-state index in [9.17, 15) is 0 Å². The number of unbranched alkanes of at least 4 members (excludes halogenated alkanes) is 1. The molecule has 0 saturated carbocycles. The van der Waals surface area contributed by atoms with Crippen LogP contribution in [-0.2, 0) is 11.8 Å². The molecule has 0 bridgehead atoms. The summed E-state index contributed by atoms with van der Waals surface area (Å²) in [5.74, 6) is 1.93. The summed E-state index contributed by atoms with van der Waals surface area (Å²) < 4.78 is 7.80. The van der Waals surface area contributed by atoms with Crippen LogP contribution in [0, 0.1) is 5.92 Å². The van der Waals surface area contributed by atoms with Gasteiger partial charge in [0.2, 0.25) is 0 Å². The zero-order valence-corrected chi connectivity index (χ0v) is 17.9. The summed E-state index contributed by atoms with van der Waals surface area (Å²) in [5, 5.41) is 7.74. The Morgan fingerprint density at radius 1 is 1.29 bits per heavy atom. The van der Waals surface area contributed by atoms with Crippen LogP contribution in [0.1, 0.15) is 51.2 Å². The maximum atomic E-state index is 5.97. The van der Waals surface area contributed by atoms with Crippen LogP contribution in [0.15, 0.2) is 17.4 Å². The van der Waals surface area contributed by atoms with Gasteiger partial charge in [0.1, 0.15) is 6.10 Å². The topological polar surface area (TPSA) is 57.9 Å². The normalized spacial score (nSPS) is 22.6. The van der Waals surface area contributed by atoms with Crippen LogP contribution in [0.3, 0.4) is 0 Å². The largest absolute Gasteiger partial charge is 0.370 e. The maximum absolute atomic E-state index is 5.97. The number of aliphatic imine (C=N–C) groups is 1. The van der Waals surface area contributed by atoms with Gasteiger partial charge < -0.3 is 19.9 Å². The highest BCUT2D eigenvalue weighted by atomic mass is 16.5. The summed E-state index contributed by atoms with van der Waals surface area (Å²) >= 11 is 0. The molecule has 3 rings (SSSR count). The van der Waals surface area contributed by atoms with E-state index in [4.69, 9.17) is 9.73 Å². The Hall–Kier alpha value is -1.60. The van der Waals surface area contributed by atoms with Gasteiger partial charge >= 0.3 is 0 Å². The summed E-state index contributed by atoms with van der Waals surface area (Å²) in [6.07, 6.45) is 9.11. The molecule has 0 aliphatic carbocycles. The first kappa shape index (κ1) is 21.1. The van der Waals surface area contributed by atoms with E-state index in [0.29, 0.717) is 0 Å². The van der Waals surface area contributed by atoms with Gasteiger partial charge in [-0.2, -0.15) is 5.10 Å². The van der Waals surface area contributed by atoms with Crippen molar-refractivity contribution < 1.29 is 4.74 Å². The van der Waals surface area contributed by atoms with E-state index in [0.717, 1.165) is 56.6 Å². The Kier molecular flexibility index (Phi) is 8.15. The second-order valence-electron chi connectivity index (χ2n) is 8.22. The van der Waals surface area contributed by atoms with E-state index >= 15 is 0 Å². The molecule has 2 aliphatic heterocycles. The number of nitrogens with zero attached hydrogens (tertiary/aromatic N) is 5. The highest BCUT2D eigenvalue weighted by Crippen LogP contribution is 2.21. The van der Waals surface area contributed by atoms with E-state index in [2.05, 4.69) is 34.1 Å². The first-order valence-electron chi connectivity index (χ1n) is 11.0. The lowest BCUT2D eigenvalue weighted by molar-refractivity contribution is -0.00804. The summed E-state index contributed by atoms with van der Waals surface area (Å²) in [7, 11) is 1.94. The summed E-state index contributed by atoms with van der Waals surface area (Å²) in [6.45, 7) is 12.5. The number of morpholine rings is 1. The molecule has 1 N–H and O–H groups in total. The molecule has 1 atom stereocenters. The van der Waals surface area contributed by atoms with Crippen LogP contribution in [0.4, 0.5) is 0 Å². The standard InChI is InChI=1S/C21H38N6O/c1-4-22-21(23-9-5-6-10-26-11-7-18(2)8-12-26)27-13-14-28-20(17-27)19-15-24-25(3)16-19/h15-16,18,20H,4-14,17H2,1-3H3,(H,22,23). The number of piperidine rings is 1. The molecular formula is C21H38N6O. The predicted molar refractivity (Wildman–Crippen MR) is 114 cm³/mol. The number of likely N-dealkylation sites (tertiary alicyclic amines) is 1. The Morgan fingerprint density at radius 2 is 2.11 bits per heavy atom. The van der Waals surface area contributed by atoms with E-state index in [1.54, 1.807) is 0 Å². The van der Waals surface area contributed by atoms with Crippen molar-refractivity contribution in [3.8, 4) is 0 Å². The van der Waals surface area contributed by atoms with E-state index in [1.807, 2.05) is 24.1 Å². The predicted octanol–water partition coefficient (Wildman–Crippen LogP) is 2.27. The molecular weight excluding hydrogens is 352 g/mol. The Balaban J connectivity index is 1.45. The smallest absolute Gasteiger partial charge is 0.194 e. The van der Waals surface area contributed by atoms with Crippen molar-refractivity contribution in [2.45, 2.75) is 45.6 Å². The lowest BCUT2D eigenvalue weighted by atomic mass is 9.99. The summed E-state index contributed by atoms with van der Waals surface area (Å²) in [6, 6.07) is 0. The van der Waals surface area contributed by atoms with Gasteiger partial charge in [0.05, 0.1) is 19.3 Å². The SMILES string of the molecule is CCNC(=NCCCCN1CCC(C)CC1)N1CCOC(c2cnn(C)c2)C1. The Morgan fingerprint density at radius 3 is 2.82 bits per heavy atom. The van der Waals surface area contributed by atoms with Gasteiger partial charge in [-0.15, -0.1) is 0 Å². The van der Waals surface area contributed by atoms with Gasteiger partial charge in [-0.3, -0.25) is 9.67 Å². The number of nitrogens with one attached hydrogen (secondary N) is 1. The molecule has 0 spiro atoms. The molecule has 0 amide bonds. The minimum atomic E-state index is 0.0628. The average molecular weight is 391 g/mol. The number of hydrogen-bond donors (Lipinski definition) is 1. The highest BCUT2D eigenvalue weighted by Gasteiger charge is 2.25. The monoisotopic (exact) mass is 390 g/mol. The van der Waals surface area contributed by atoms with Gasteiger partial charge in [0.25, 0.3) is 0 Å². The number of aromatic nitrogens is 2. The first-order valence-corrected chi connectivity index (χ1v) is 11.0. The van der Waals surface area contributed by atoms with Crippen molar-refractivity contribution in [1.29, 1.82) is 0 Å². The van der Waals surface area contributed by atoms with Gasteiger partial charge in [0, 0.05) is 38.4 Å². The van der Waals surface area contributed by atoms with Crippen molar-refractivity contribution >= 4 is 5.96 Å². The van der Waals surface area contributed by atoms with E-state index in [1.165, 1.54) is 38.9 Å². The van der Waals surface area contributed by atoms with Crippen LogP contribution in [0.25, 0.3) is 0 Å². The molecule has 2 aliphatic rings. The Bertz CT molecular complexity index is 608. The number of hydrogen-bond acceptors (Lipinski definition) is 4. The van der Waals surface area contributed by atoms with Crippen molar-refractivity contribution in [3.05, 3.63) is 18.0 Å². The minimum absolute atomic E-state index is 0.0628. The molecule has 1 aromatic heterocycles. The molecule has 7 heteroatoms. The first-order chi connectivity index (χ1) is 13.7. The van der Waals surface area contributed by atoms with Crippen LogP contribution >= 0.6 is 0 Å². The molecule has 0 radical (unpaired) electrons. The molecule has 7 nitrogen and oxygen atoms in total. The van der Waals surface area contributed by atoms with Crippen molar-refractivity contribution in [1.82, 2.24) is 24.9 Å². The van der Waals surface area contributed by atoms with Gasteiger partial charge in [-0.25, -0.2) is 0 Å². The third kappa shape index (κ3) is 6.21. The number of guanidine groups is 1. The van der Waals surface area contributed by atoms with E-state index < -0.39 is 0 Å². The van der Waals surface area contributed by atoms with Gasteiger partial charge in [-0.05, 0) is 58.2 Å². The van der Waals surface area contributed by atoms with Crippen LogP contribution < -0.4 is 5.32 Å². The van der Waals surface area contributed by atoms with Crippen LogP contribution in [0.5, 0.6) is 0 Å². The summed E-state index contributed by atoms with van der Waals surface area (Å²) in [4.78, 5) is 9.85. The fourth-order valence-corrected chi connectivity index (χ4v) is 3.99.